The number of hydrogen-bond donors (Lipinski definition) is 3. The Morgan fingerprint density at radius 3 is 2.77 bits per heavy atom. The Morgan fingerprint density at radius 1 is 1.11 bits per heavy atom. The van der Waals surface area contributed by atoms with Crippen LogP contribution in [0.3, 0.4) is 0 Å². The maximum atomic E-state index is 11.7. The Bertz CT molecular complexity index is 1400. The summed E-state index contributed by atoms with van der Waals surface area (Å²) in [6, 6.07) is 15.3. The highest BCUT2D eigenvalue weighted by Gasteiger charge is 2.14. The smallest absolute Gasteiger partial charge is 0.247 e. The molecule has 0 unspecified atom stereocenters. The van der Waals surface area contributed by atoms with Gasteiger partial charge in [0.15, 0.2) is 0 Å². The SMILES string of the molecule is C=CC(=O)Nc1ccnc(-c2cccc3cnc(Nc4ccc(N5CCNCC5)cc4Cl)nc23)c1. The van der Waals surface area contributed by atoms with E-state index in [2.05, 4.69) is 43.5 Å². The van der Waals surface area contributed by atoms with Crippen LogP contribution in [0.5, 0.6) is 0 Å². The highest BCUT2D eigenvalue weighted by atomic mass is 35.5. The fourth-order valence-electron chi connectivity index (χ4n) is 4.02. The number of para-hydroxylation sites is 1. The molecule has 176 valence electrons. The van der Waals surface area contributed by atoms with Crippen molar-refractivity contribution < 1.29 is 4.79 Å². The molecule has 0 bridgehead atoms. The average molecular weight is 486 g/mol. The number of fused-ring (bicyclic) bond motifs is 1. The lowest BCUT2D eigenvalue weighted by atomic mass is 10.1. The van der Waals surface area contributed by atoms with Gasteiger partial charge < -0.3 is 20.9 Å². The van der Waals surface area contributed by atoms with E-state index >= 15 is 0 Å². The number of hydrogen-bond acceptors (Lipinski definition) is 7. The summed E-state index contributed by atoms with van der Waals surface area (Å²) < 4.78 is 0. The van der Waals surface area contributed by atoms with Crippen molar-refractivity contribution in [2.75, 3.05) is 41.7 Å². The largest absolute Gasteiger partial charge is 0.369 e. The van der Waals surface area contributed by atoms with Crippen molar-refractivity contribution in [2.45, 2.75) is 0 Å². The van der Waals surface area contributed by atoms with Gasteiger partial charge in [0.2, 0.25) is 11.9 Å². The second-order valence-corrected chi connectivity index (χ2v) is 8.49. The number of piperazine rings is 1. The lowest BCUT2D eigenvalue weighted by Gasteiger charge is -2.29. The van der Waals surface area contributed by atoms with Crippen LogP contribution < -0.4 is 20.9 Å². The van der Waals surface area contributed by atoms with E-state index in [4.69, 9.17) is 16.6 Å². The number of carbonyl (C=O) groups excluding carboxylic acids is 1. The van der Waals surface area contributed by atoms with Crippen molar-refractivity contribution in [2.24, 2.45) is 0 Å². The van der Waals surface area contributed by atoms with E-state index in [1.54, 1.807) is 24.5 Å². The second kappa shape index (κ2) is 10.1. The Hall–Kier alpha value is -4.01. The highest BCUT2D eigenvalue weighted by molar-refractivity contribution is 6.33. The van der Waals surface area contributed by atoms with E-state index in [0.717, 1.165) is 54.0 Å². The van der Waals surface area contributed by atoms with Gasteiger partial charge in [-0.25, -0.2) is 9.97 Å². The van der Waals surface area contributed by atoms with Crippen LogP contribution in [0.15, 0.2) is 73.6 Å². The maximum absolute atomic E-state index is 11.7. The van der Waals surface area contributed by atoms with Crippen molar-refractivity contribution >= 4 is 51.4 Å². The van der Waals surface area contributed by atoms with Crippen LogP contribution in [0.25, 0.3) is 22.2 Å². The van der Waals surface area contributed by atoms with Crippen LogP contribution in [0, 0.1) is 0 Å². The summed E-state index contributed by atoms with van der Waals surface area (Å²) in [5.74, 6) is 0.145. The van der Waals surface area contributed by atoms with Crippen molar-refractivity contribution in [3.05, 3.63) is 78.6 Å². The number of rotatable bonds is 6. The summed E-state index contributed by atoms with van der Waals surface area (Å²) in [5, 5.41) is 10.8. The molecule has 0 spiro atoms. The summed E-state index contributed by atoms with van der Waals surface area (Å²) >= 11 is 6.60. The molecular weight excluding hydrogens is 462 g/mol. The molecule has 1 aliphatic heterocycles. The fraction of sp³-hybridized carbons (Fsp3) is 0.154. The summed E-state index contributed by atoms with van der Waals surface area (Å²) in [7, 11) is 0. The number of anilines is 4. The van der Waals surface area contributed by atoms with Crippen LogP contribution in [0.1, 0.15) is 0 Å². The van der Waals surface area contributed by atoms with Gasteiger partial charge in [0, 0.05) is 60.9 Å². The molecule has 0 saturated carbocycles. The predicted molar refractivity (Wildman–Crippen MR) is 141 cm³/mol. The van der Waals surface area contributed by atoms with E-state index in [9.17, 15) is 4.79 Å². The van der Waals surface area contributed by atoms with Gasteiger partial charge in [-0.2, -0.15) is 0 Å². The van der Waals surface area contributed by atoms with E-state index < -0.39 is 0 Å². The second-order valence-electron chi connectivity index (χ2n) is 8.09. The number of nitrogens with one attached hydrogen (secondary N) is 3. The molecule has 0 aliphatic carbocycles. The predicted octanol–water partition coefficient (Wildman–Crippen LogP) is 4.62. The number of halogens is 1. The first-order chi connectivity index (χ1) is 17.1. The highest BCUT2D eigenvalue weighted by Crippen LogP contribution is 2.31. The van der Waals surface area contributed by atoms with Crippen LogP contribution in [-0.4, -0.2) is 47.0 Å². The Balaban J connectivity index is 1.44. The lowest BCUT2D eigenvalue weighted by molar-refractivity contribution is -0.111. The van der Waals surface area contributed by atoms with E-state index in [-0.39, 0.29) is 5.91 Å². The van der Waals surface area contributed by atoms with Gasteiger partial charge in [0.1, 0.15) is 0 Å². The molecule has 2 aromatic heterocycles. The number of amides is 1. The monoisotopic (exact) mass is 485 g/mol. The first-order valence-corrected chi connectivity index (χ1v) is 11.7. The third-order valence-electron chi connectivity index (χ3n) is 5.78. The molecule has 35 heavy (non-hydrogen) atoms. The molecule has 5 rings (SSSR count). The van der Waals surface area contributed by atoms with Gasteiger partial charge in [-0.1, -0.05) is 36.4 Å². The topological polar surface area (TPSA) is 95.1 Å². The first-order valence-electron chi connectivity index (χ1n) is 11.3. The van der Waals surface area contributed by atoms with Crippen molar-refractivity contribution in [1.82, 2.24) is 20.3 Å². The number of pyridine rings is 1. The average Bonchev–Trinajstić information content (AvgIpc) is 2.90. The molecule has 0 radical (unpaired) electrons. The van der Waals surface area contributed by atoms with Gasteiger partial charge in [-0.15, -0.1) is 0 Å². The van der Waals surface area contributed by atoms with Crippen molar-refractivity contribution in [3.63, 3.8) is 0 Å². The zero-order valence-electron chi connectivity index (χ0n) is 19.0. The molecule has 3 heterocycles. The minimum Gasteiger partial charge on any atom is -0.369 e. The van der Waals surface area contributed by atoms with Gasteiger partial charge in [0.25, 0.3) is 0 Å². The normalized spacial score (nSPS) is 13.5. The molecular formula is C26H24ClN7O. The van der Waals surface area contributed by atoms with Crippen molar-refractivity contribution in [3.8, 4) is 11.3 Å². The maximum Gasteiger partial charge on any atom is 0.247 e. The van der Waals surface area contributed by atoms with Gasteiger partial charge >= 0.3 is 0 Å². The summed E-state index contributed by atoms with van der Waals surface area (Å²) in [5.41, 5.74) is 4.69. The van der Waals surface area contributed by atoms with Gasteiger partial charge in [-0.3, -0.25) is 9.78 Å². The zero-order chi connectivity index (χ0) is 24.2. The Labute approximate surface area is 208 Å². The number of aromatic nitrogens is 3. The van der Waals surface area contributed by atoms with E-state index in [1.165, 1.54) is 6.08 Å². The molecule has 8 nitrogen and oxygen atoms in total. The molecule has 9 heteroatoms. The minimum atomic E-state index is -0.284. The third-order valence-corrected chi connectivity index (χ3v) is 6.09. The fourth-order valence-corrected chi connectivity index (χ4v) is 4.24. The lowest BCUT2D eigenvalue weighted by Crippen LogP contribution is -2.43. The quantitative estimate of drug-likeness (QED) is 0.343. The molecule has 4 aromatic rings. The number of carbonyl (C=O) groups is 1. The summed E-state index contributed by atoms with van der Waals surface area (Å²) in [6.07, 6.45) is 4.64. The van der Waals surface area contributed by atoms with E-state index in [1.807, 2.05) is 30.3 Å². The molecule has 1 fully saturated rings. The molecule has 1 saturated heterocycles. The van der Waals surface area contributed by atoms with Crippen LogP contribution in [0.2, 0.25) is 5.02 Å². The third kappa shape index (κ3) is 5.08. The number of benzene rings is 2. The van der Waals surface area contributed by atoms with Crippen molar-refractivity contribution in [1.29, 1.82) is 0 Å². The molecule has 1 aliphatic rings. The molecule has 2 aromatic carbocycles. The minimum absolute atomic E-state index is 0.284. The van der Waals surface area contributed by atoms with Crippen LogP contribution in [-0.2, 0) is 4.79 Å². The molecule has 3 N–H and O–H groups in total. The van der Waals surface area contributed by atoms with Gasteiger partial charge in [0.05, 0.1) is 21.9 Å². The van der Waals surface area contributed by atoms with Crippen LogP contribution >= 0.6 is 11.6 Å². The number of nitrogens with zero attached hydrogens (tertiary/aromatic N) is 4. The standard InChI is InChI=1S/C26H24ClN7O/c1-2-24(35)31-18-8-9-29-23(14-18)20-5-3-4-17-16-30-26(33-25(17)20)32-22-7-6-19(15-21(22)27)34-12-10-28-11-13-34/h2-9,14-16,28H,1,10-13H2,(H,29,31,35)(H,30,32,33). The summed E-state index contributed by atoms with van der Waals surface area (Å²) in [6.45, 7) is 7.32. The first kappa shape index (κ1) is 22.8. The van der Waals surface area contributed by atoms with Gasteiger partial charge in [-0.05, 0) is 36.4 Å². The summed E-state index contributed by atoms with van der Waals surface area (Å²) in [4.78, 5) is 27.7. The molecule has 1 amide bonds. The Morgan fingerprint density at radius 2 is 1.97 bits per heavy atom. The van der Waals surface area contributed by atoms with E-state index in [0.29, 0.717) is 22.4 Å². The Kier molecular flexibility index (Phi) is 6.56. The molecule has 0 atom stereocenters. The zero-order valence-corrected chi connectivity index (χ0v) is 19.7. The van der Waals surface area contributed by atoms with Crippen LogP contribution in [0.4, 0.5) is 23.0 Å².